The number of nitrogens with zero attached hydrogens (tertiary/aromatic N) is 1. The molecule has 0 aromatic carbocycles. The number of hydrogen-bond acceptors (Lipinski definition) is 7. The van der Waals surface area contributed by atoms with Crippen molar-refractivity contribution in [3.63, 3.8) is 0 Å². The number of nitrogens with two attached hydrogens (primary N) is 1. The SMILES string of the molecule is CCC(C)C(NC(=O)C(N)CS)C(=O)NC(CCC(=O)O)C(=O)N1CCCC1C(=O)O. The number of amides is 3. The van der Waals surface area contributed by atoms with Crippen LogP contribution in [0.1, 0.15) is 46.0 Å². The highest BCUT2D eigenvalue weighted by Gasteiger charge is 2.39. The van der Waals surface area contributed by atoms with Gasteiger partial charge in [0.2, 0.25) is 17.7 Å². The number of carbonyl (C=O) groups is 5. The minimum Gasteiger partial charge on any atom is -0.481 e. The van der Waals surface area contributed by atoms with Crippen molar-refractivity contribution in [1.29, 1.82) is 0 Å². The Morgan fingerprint density at radius 1 is 1.16 bits per heavy atom. The molecule has 1 rings (SSSR count). The Bertz CT molecular complexity index is 690. The molecule has 1 heterocycles. The van der Waals surface area contributed by atoms with Gasteiger partial charge in [0.05, 0.1) is 6.04 Å². The number of hydrogen-bond donors (Lipinski definition) is 6. The summed E-state index contributed by atoms with van der Waals surface area (Å²) < 4.78 is 0. The van der Waals surface area contributed by atoms with Crippen molar-refractivity contribution in [2.75, 3.05) is 12.3 Å². The van der Waals surface area contributed by atoms with Crippen molar-refractivity contribution in [3.05, 3.63) is 0 Å². The second kappa shape index (κ2) is 12.5. The van der Waals surface area contributed by atoms with Crippen LogP contribution in [0.5, 0.6) is 0 Å². The van der Waals surface area contributed by atoms with Gasteiger partial charge in [-0.05, 0) is 25.2 Å². The van der Waals surface area contributed by atoms with Crippen LogP contribution in [0.25, 0.3) is 0 Å². The number of carbonyl (C=O) groups excluding carboxylic acids is 3. The molecule has 1 aliphatic rings. The quantitative estimate of drug-likeness (QED) is 0.205. The molecule has 11 nitrogen and oxygen atoms in total. The molecule has 1 fully saturated rings. The molecule has 0 aromatic heterocycles. The van der Waals surface area contributed by atoms with Crippen molar-refractivity contribution in [1.82, 2.24) is 15.5 Å². The van der Waals surface area contributed by atoms with Crippen LogP contribution < -0.4 is 16.4 Å². The molecule has 1 saturated heterocycles. The zero-order chi connectivity index (χ0) is 23.7. The maximum Gasteiger partial charge on any atom is 0.326 e. The molecule has 1 aliphatic heterocycles. The first-order valence-electron chi connectivity index (χ1n) is 10.3. The molecule has 3 amide bonds. The lowest BCUT2D eigenvalue weighted by molar-refractivity contribution is -0.150. The molecule has 0 bridgehead atoms. The van der Waals surface area contributed by atoms with E-state index in [1.807, 2.05) is 6.92 Å². The van der Waals surface area contributed by atoms with Gasteiger partial charge in [0.15, 0.2) is 0 Å². The van der Waals surface area contributed by atoms with Crippen LogP contribution in [-0.4, -0.2) is 81.2 Å². The Morgan fingerprint density at radius 3 is 2.32 bits per heavy atom. The van der Waals surface area contributed by atoms with Gasteiger partial charge in [-0.25, -0.2) is 4.79 Å². The van der Waals surface area contributed by atoms with E-state index in [0.29, 0.717) is 12.8 Å². The van der Waals surface area contributed by atoms with Gasteiger partial charge in [0.25, 0.3) is 0 Å². The van der Waals surface area contributed by atoms with E-state index >= 15 is 0 Å². The highest BCUT2D eigenvalue weighted by Crippen LogP contribution is 2.20. The number of nitrogens with one attached hydrogen (secondary N) is 2. The Labute approximate surface area is 186 Å². The van der Waals surface area contributed by atoms with Gasteiger partial charge >= 0.3 is 11.9 Å². The molecule has 31 heavy (non-hydrogen) atoms. The van der Waals surface area contributed by atoms with E-state index in [-0.39, 0.29) is 31.1 Å². The summed E-state index contributed by atoms with van der Waals surface area (Å²) in [6, 6.07) is -4.17. The summed E-state index contributed by atoms with van der Waals surface area (Å²) in [7, 11) is 0. The molecule has 0 spiro atoms. The molecule has 0 saturated carbocycles. The van der Waals surface area contributed by atoms with Gasteiger partial charge in [0.1, 0.15) is 18.1 Å². The first-order chi connectivity index (χ1) is 14.5. The lowest BCUT2D eigenvalue weighted by Gasteiger charge is -2.30. The van der Waals surface area contributed by atoms with Crippen molar-refractivity contribution < 1.29 is 34.2 Å². The smallest absolute Gasteiger partial charge is 0.326 e. The number of likely N-dealkylation sites (tertiary alicyclic amines) is 1. The number of carboxylic acids is 2. The summed E-state index contributed by atoms with van der Waals surface area (Å²) in [5, 5.41) is 23.4. The van der Waals surface area contributed by atoms with Crippen LogP contribution in [0.4, 0.5) is 0 Å². The molecule has 0 aliphatic carbocycles. The summed E-state index contributed by atoms with van der Waals surface area (Å²) >= 11 is 3.97. The molecule has 176 valence electrons. The summed E-state index contributed by atoms with van der Waals surface area (Å²) in [6.45, 7) is 3.77. The maximum absolute atomic E-state index is 13.0. The summed E-state index contributed by atoms with van der Waals surface area (Å²) in [4.78, 5) is 61.8. The fraction of sp³-hybridized carbons (Fsp3) is 0.737. The summed E-state index contributed by atoms with van der Waals surface area (Å²) in [6.07, 6.45) is 0.714. The molecular formula is C19H32N4O7S. The van der Waals surface area contributed by atoms with Gasteiger partial charge in [-0.2, -0.15) is 12.6 Å². The third-order valence-electron chi connectivity index (χ3n) is 5.41. The van der Waals surface area contributed by atoms with Gasteiger partial charge in [0, 0.05) is 18.7 Å². The monoisotopic (exact) mass is 460 g/mol. The second-order valence-corrected chi connectivity index (χ2v) is 8.05. The summed E-state index contributed by atoms with van der Waals surface area (Å²) in [5.74, 6) is -4.43. The minimum atomic E-state index is -1.23. The number of thiol groups is 1. The number of aliphatic carboxylic acids is 2. The molecule has 0 radical (unpaired) electrons. The van der Waals surface area contributed by atoms with Crippen LogP contribution in [0.15, 0.2) is 0 Å². The molecule has 12 heteroatoms. The van der Waals surface area contributed by atoms with E-state index < -0.39 is 60.2 Å². The van der Waals surface area contributed by atoms with Crippen LogP contribution in [0.3, 0.4) is 0 Å². The third-order valence-corrected chi connectivity index (χ3v) is 5.80. The van der Waals surface area contributed by atoms with Crippen molar-refractivity contribution in [3.8, 4) is 0 Å². The van der Waals surface area contributed by atoms with Crippen molar-refractivity contribution in [2.24, 2.45) is 11.7 Å². The number of rotatable bonds is 12. The zero-order valence-electron chi connectivity index (χ0n) is 17.7. The van der Waals surface area contributed by atoms with Crippen LogP contribution in [0.2, 0.25) is 0 Å². The predicted octanol–water partition coefficient (Wildman–Crippen LogP) is -0.800. The average molecular weight is 461 g/mol. The lowest BCUT2D eigenvalue weighted by atomic mass is 9.97. The van der Waals surface area contributed by atoms with Crippen LogP contribution >= 0.6 is 12.6 Å². The third kappa shape index (κ3) is 7.69. The molecule has 6 N–H and O–H groups in total. The van der Waals surface area contributed by atoms with E-state index in [1.54, 1.807) is 6.92 Å². The maximum atomic E-state index is 13.0. The Kier molecular flexibility index (Phi) is 10.8. The zero-order valence-corrected chi connectivity index (χ0v) is 18.6. The lowest BCUT2D eigenvalue weighted by Crippen LogP contribution is -2.58. The van der Waals surface area contributed by atoms with E-state index in [1.165, 1.54) is 0 Å². The van der Waals surface area contributed by atoms with E-state index in [0.717, 1.165) is 4.90 Å². The minimum absolute atomic E-state index is 0.0753. The van der Waals surface area contributed by atoms with Gasteiger partial charge in [-0.3, -0.25) is 19.2 Å². The van der Waals surface area contributed by atoms with E-state index in [9.17, 15) is 29.1 Å². The average Bonchev–Trinajstić information content (AvgIpc) is 3.22. The molecule has 0 aromatic rings. The predicted molar refractivity (Wildman–Crippen MR) is 114 cm³/mol. The van der Waals surface area contributed by atoms with E-state index in [4.69, 9.17) is 10.8 Å². The first kappa shape index (κ1) is 26.7. The molecule has 5 unspecified atom stereocenters. The second-order valence-electron chi connectivity index (χ2n) is 7.68. The fourth-order valence-electron chi connectivity index (χ4n) is 3.32. The van der Waals surface area contributed by atoms with Crippen molar-refractivity contribution in [2.45, 2.75) is 70.1 Å². The van der Waals surface area contributed by atoms with Gasteiger partial charge in [-0.15, -0.1) is 0 Å². The molecular weight excluding hydrogens is 428 g/mol. The normalized spacial score (nSPS) is 19.7. The van der Waals surface area contributed by atoms with Crippen molar-refractivity contribution >= 4 is 42.3 Å². The summed E-state index contributed by atoms with van der Waals surface area (Å²) in [5.41, 5.74) is 5.66. The fourth-order valence-corrected chi connectivity index (χ4v) is 3.49. The Hall–Kier alpha value is -2.34. The Balaban J connectivity index is 3.04. The van der Waals surface area contributed by atoms with E-state index in [2.05, 4.69) is 23.3 Å². The largest absolute Gasteiger partial charge is 0.481 e. The van der Waals surface area contributed by atoms with Crippen LogP contribution in [0, 0.1) is 5.92 Å². The highest BCUT2D eigenvalue weighted by molar-refractivity contribution is 7.80. The standard InChI is InChI=1S/C19H32N4O7S/c1-3-10(2)15(22-16(26)11(20)9-31)17(27)21-12(6-7-14(24)25)18(28)23-8-4-5-13(23)19(29)30/h10-13,15,31H,3-9,20H2,1-2H3,(H,21,27)(H,22,26)(H,24,25)(H,29,30). The topological polar surface area (TPSA) is 179 Å². The van der Waals surface area contributed by atoms with Crippen LogP contribution in [-0.2, 0) is 24.0 Å². The number of carboxylic acid groups (broad SMARTS) is 2. The Morgan fingerprint density at radius 2 is 1.81 bits per heavy atom. The van der Waals surface area contributed by atoms with Gasteiger partial charge < -0.3 is 31.5 Å². The first-order valence-corrected chi connectivity index (χ1v) is 10.9. The highest BCUT2D eigenvalue weighted by atomic mass is 32.1. The van der Waals surface area contributed by atoms with Gasteiger partial charge in [-0.1, -0.05) is 20.3 Å². The molecule has 5 atom stereocenters.